The standard InChI is InChI=1S/C17H22N2O2/c1-4-8-18-17(21)14-10-16(20)19(11-14)15-7-5-6-13(9-15)12(2)3/h4-7,9,12,14H,1,8,10-11H2,2-3H3,(H,18,21). The molecule has 2 amide bonds. The zero-order chi connectivity index (χ0) is 15.4. The molecule has 4 heteroatoms. The van der Waals surface area contributed by atoms with Crippen LogP contribution in [0.4, 0.5) is 5.69 Å². The number of carbonyl (C=O) groups is 2. The van der Waals surface area contributed by atoms with Gasteiger partial charge in [0, 0.05) is 25.2 Å². The zero-order valence-corrected chi connectivity index (χ0v) is 12.6. The van der Waals surface area contributed by atoms with Gasteiger partial charge in [0.15, 0.2) is 0 Å². The van der Waals surface area contributed by atoms with Crippen molar-refractivity contribution in [3.8, 4) is 0 Å². The summed E-state index contributed by atoms with van der Waals surface area (Å²) in [5.41, 5.74) is 2.07. The Morgan fingerprint density at radius 1 is 1.52 bits per heavy atom. The number of amides is 2. The second kappa shape index (κ2) is 6.57. The third-order valence-corrected chi connectivity index (χ3v) is 3.77. The summed E-state index contributed by atoms with van der Waals surface area (Å²) >= 11 is 0. The number of nitrogens with one attached hydrogen (secondary N) is 1. The van der Waals surface area contributed by atoms with E-state index < -0.39 is 0 Å². The van der Waals surface area contributed by atoms with Crippen molar-refractivity contribution in [1.82, 2.24) is 5.32 Å². The largest absolute Gasteiger partial charge is 0.352 e. The van der Waals surface area contributed by atoms with Gasteiger partial charge in [-0.15, -0.1) is 6.58 Å². The topological polar surface area (TPSA) is 49.4 Å². The van der Waals surface area contributed by atoms with Gasteiger partial charge in [-0.25, -0.2) is 0 Å². The Bertz CT molecular complexity index is 551. The van der Waals surface area contributed by atoms with Crippen LogP contribution in [0.1, 0.15) is 31.7 Å². The van der Waals surface area contributed by atoms with Crippen molar-refractivity contribution in [1.29, 1.82) is 0 Å². The average Bonchev–Trinajstić information content (AvgIpc) is 2.87. The highest BCUT2D eigenvalue weighted by Crippen LogP contribution is 2.27. The molecule has 1 N–H and O–H groups in total. The fourth-order valence-electron chi connectivity index (χ4n) is 2.50. The van der Waals surface area contributed by atoms with Crippen LogP contribution < -0.4 is 10.2 Å². The first-order valence-electron chi connectivity index (χ1n) is 7.32. The fraction of sp³-hybridized carbons (Fsp3) is 0.412. The highest BCUT2D eigenvalue weighted by atomic mass is 16.2. The van der Waals surface area contributed by atoms with Gasteiger partial charge in [-0.2, -0.15) is 0 Å². The predicted octanol–water partition coefficient (Wildman–Crippen LogP) is 2.47. The van der Waals surface area contributed by atoms with Crippen molar-refractivity contribution in [3.63, 3.8) is 0 Å². The molecule has 1 atom stereocenters. The van der Waals surface area contributed by atoms with E-state index in [1.54, 1.807) is 11.0 Å². The van der Waals surface area contributed by atoms with Gasteiger partial charge in [0.1, 0.15) is 0 Å². The maximum Gasteiger partial charge on any atom is 0.227 e. The Labute approximate surface area is 125 Å². The van der Waals surface area contributed by atoms with Gasteiger partial charge in [-0.05, 0) is 23.6 Å². The molecule has 1 aromatic rings. The van der Waals surface area contributed by atoms with Gasteiger partial charge in [-0.3, -0.25) is 9.59 Å². The lowest BCUT2D eigenvalue weighted by atomic mass is 10.0. The number of hydrogen-bond acceptors (Lipinski definition) is 2. The van der Waals surface area contributed by atoms with E-state index >= 15 is 0 Å². The number of nitrogens with zero attached hydrogens (tertiary/aromatic N) is 1. The van der Waals surface area contributed by atoms with Crippen LogP contribution in [0.25, 0.3) is 0 Å². The highest BCUT2D eigenvalue weighted by Gasteiger charge is 2.34. The summed E-state index contributed by atoms with van der Waals surface area (Å²) in [6.45, 7) is 8.70. The summed E-state index contributed by atoms with van der Waals surface area (Å²) in [7, 11) is 0. The maximum atomic E-state index is 12.2. The van der Waals surface area contributed by atoms with Gasteiger partial charge in [0.2, 0.25) is 11.8 Å². The first-order valence-corrected chi connectivity index (χ1v) is 7.32. The first kappa shape index (κ1) is 15.3. The van der Waals surface area contributed by atoms with Gasteiger partial charge in [0.25, 0.3) is 0 Å². The minimum Gasteiger partial charge on any atom is -0.352 e. The van der Waals surface area contributed by atoms with Gasteiger partial charge in [-0.1, -0.05) is 32.1 Å². The lowest BCUT2D eigenvalue weighted by molar-refractivity contribution is -0.126. The van der Waals surface area contributed by atoms with E-state index in [4.69, 9.17) is 0 Å². The number of benzene rings is 1. The summed E-state index contributed by atoms with van der Waals surface area (Å²) in [6.07, 6.45) is 1.91. The van der Waals surface area contributed by atoms with E-state index in [1.165, 1.54) is 5.56 Å². The molecule has 112 valence electrons. The molecular weight excluding hydrogens is 264 g/mol. The predicted molar refractivity (Wildman–Crippen MR) is 84.2 cm³/mol. The smallest absolute Gasteiger partial charge is 0.227 e. The second-order valence-electron chi connectivity index (χ2n) is 5.69. The Morgan fingerprint density at radius 3 is 2.95 bits per heavy atom. The minimum absolute atomic E-state index is 0.00894. The van der Waals surface area contributed by atoms with E-state index in [-0.39, 0.29) is 24.2 Å². The van der Waals surface area contributed by atoms with E-state index in [2.05, 4.69) is 31.8 Å². The molecule has 0 aliphatic carbocycles. The second-order valence-corrected chi connectivity index (χ2v) is 5.69. The SMILES string of the molecule is C=CCNC(=O)C1CC(=O)N(c2cccc(C(C)C)c2)C1. The molecule has 1 fully saturated rings. The molecule has 1 unspecified atom stereocenters. The molecule has 0 aromatic heterocycles. The third kappa shape index (κ3) is 3.51. The molecule has 1 saturated heterocycles. The van der Waals surface area contributed by atoms with Crippen molar-refractivity contribution >= 4 is 17.5 Å². The molecule has 21 heavy (non-hydrogen) atoms. The van der Waals surface area contributed by atoms with E-state index in [1.807, 2.05) is 18.2 Å². The molecule has 1 aliphatic rings. The Hall–Kier alpha value is -2.10. The fourth-order valence-corrected chi connectivity index (χ4v) is 2.50. The summed E-state index contributed by atoms with van der Waals surface area (Å²) in [4.78, 5) is 25.8. The van der Waals surface area contributed by atoms with Gasteiger partial charge >= 0.3 is 0 Å². The Morgan fingerprint density at radius 2 is 2.29 bits per heavy atom. The summed E-state index contributed by atoms with van der Waals surface area (Å²) < 4.78 is 0. The van der Waals surface area contributed by atoms with Crippen LogP contribution in [0, 0.1) is 5.92 Å². The lowest BCUT2D eigenvalue weighted by Gasteiger charge is -2.18. The summed E-state index contributed by atoms with van der Waals surface area (Å²) in [5.74, 6) is 0.0647. The quantitative estimate of drug-likeness (QED) is 0.845. The molecule has 1 heterocycles. The van der Waals surface area contributed by atoms with E-state index in [0.29, 0.717) is 19.0 Å². The number of carbonyl (C=O) groups excluding carboxylic acids is 2. The van der Waals surface area contributed by atoms with Crippen LogP contribution in [0.3, 0.4) is 0 Å². The van der Waals surface area contributed by atoms with Crippen LogP contribution in [0.2, 0.25) is 0 Å². The highest BCUT2D eigenvalue weighted by molar-refractivity contribution is 6.00. The molecule has 0 radical (unpaired) electrons. The van der Waals surface area contributed by atoms with Crippen LogP contribution in [-0.2, 0) is 9.59 Å². The van der Waals surface area contributed by atoms with Crippen LogP contribution in [0.15, 0.2) is 36.9 Å². The number of anilines is 1. The molecule has 4 nitrogen and oxygen atoms in total. The first-order chi connectivity index (χ1) is 10.0. The van der Waals surface area contributed by atoms with Gasteiger partial charge in [0.05, 0.1) is 5.92 Å². The molecular formula is C17H22N2O2. The molecule has 0 bridgehead atoms. The van der Waals surface area contributed by atoms with Crippen molar-refractivity contribution in [2.45, 2.75) is 26.2 Å². The third-order valence-electron chi connectivity index (χ3n) is 3.77. The summed E-state index contributed by atoms with van der Waals surface area (Å²) in [6, 6.07) is 7.98. The molecule has 1 aliphatic heterocycles. The monoisotopic (exact) mass is 286 g/mol. The van der Waals surface area contributed by atoms with E-state index in [0.717, 1.165) is 5.69 Å². The van der Waals surface area contributed by atoms with Crippen molar-refractivity contribution in [3.05, 3.63) is 42.5 Å². The molecule has 1 aromatic carbocycles. The van der Waals surface area contributed by atoms with Crippen molar-refractivity contribution in [2.24, 2.45) is 5.92 Å². The Balaban J connectivity index is 2.11. The van der Waals surface area contributed by atoms with Crippen LogP contribution >= 0.6 is 0 Å². The van der Waals surface area contributed by atoms with Gasteiger partial charge < -0.3 is 10.2 Å². The number of hydrogen-bond donors (Lipinski definition) is 1. The van der Waals surface area contributed by atoms with Crippen molar-refractivity contribution < 1.29 is 9.59 Å². The average molecular weight is 286 g/mol. The Kier molecular flexibility index (Phi) is 4.78. The van der Waals surface area contributed by atoms with Crippen LogP contribution in [-0.4, -0.2) is 24.9 Å². The van der Waals surface area contributed by atoms with E-state index in [9.17, 15) is 9.59 Å². The number of rotatable bonds is 5. The normalized spacial score (nSPS) is 18.1. The summed E-state index contributed by atoms with van der Waals surface area (Å²) in [5, 5.41) is 2.76. The van der Waals surface area contributed by atoms with Crippen molar-refractivity contribution in [2.75, 3.05) is 18.0 Å². The molecule has 2 rings (SSSR count). The van der Waals surface area contributed by atoms with Crippen LogP contribution in [0.5, 0.6) is 0 Å². The lowest BCUT2D eigenvalue weighted by Crippen LogP contribution is -2.33. The zero-order valence-electron chi connectivity index (χ0n) is 12.6. The molecule has 0 spiro atoms. The minimum atomic E-state index is -0.278. The maximum absolute atomic E-state index is 12.2. The molecule has 0 saturated carbocycles.